The Hall–Kier alpha value is -1.77. The lowest BCUT2D eigenvalue weighted by Crippen LogP contribution is -2.48. The first kappa shape index (κ1) is 15.1. The molecule has 2 fully saturated rings. The number of amides is 2. The summed E-state index contributed by atoms with van der Waals surface area (Å²) in [6, 6.07) is 5.03. The van der Waals surface area contributed by atoms with E-state index in [4.69, 9.17) is 16.9 Å². The van der Waals surface area contributed by atoms with E-state index in [1.54, 1.807) is 21.9 Å². The number of urea groups is 1. The predicted octanol–water partition coefficient (Wildman–Crippen LogP) is 2.67. The molecular weight excluding hydrogens is 302 g/mol. The molecule has 0 spiro atoms. The number of rotatable bonds is 1. The lowest BCUT2D eigenvalue weighted by atomic mass is 9.95. The van der Waals surface area contributed by atoms with Crippen LogP contribution in [0.5, 0.6) is 0 Å². The van der Waals surface area contributed by atoms with Gasteiger partial charge in [0.1, 0.15) is 6.07 Å². The number of carbonyl (C=O) groups is 1. The van der Waals surface area contributed by atoms with Gasteiger partial charge in [0.2, 0.25) is 0 Å². The second kappa shape index (κ2) is 5.45. The van der Waals surface area contributed by atoms with Crippen molar-refractivity contribution in [3.05, 3.63) is 28.3 Å². The molecule has 2 heterocycles. The topological polar surface area (TPSA) is 67.6 Å². The van der Waals surface area contributed by atoms with Crippen LogP contribution in [0.3, 0.4) is 0 Å². The molecule has 2 saturated heterocycles. The van der Waals surface area contributed by atoms with Crippen LogP contribution in [0.1, 0.15) is 30.9 Å². The number of aliphatic hydroxyl groups is 1. The zero-order chi connectivity index (χ0) is 16.0. The average Bonchev–Trinajstić information content (AvgIpc) is 2.75. The highest BCUT2D eigenvalue weighted by atomic mass is 35.5. The lowest BCUT2D eigenvalue weighted by molar-refractivity contribution is 0.0418. The van der Waals surface area contributed by atoms with E-state index in [-0.39, 0.29) is 18.1 Å². The molecule has 3 atom stereocenters. The molecule has 116 valence electrons. The molecule has 1 aromatic rings. The van der Waals surface area contributed by atoms with Crippen LogP contribution >= 0.6 is 11.6 Å². The molecule has 22 heavy (non-hydrogen) atoms. The fraction of sp³-hybridized carbons (Fsp3) is 0.500. The molecule has 0 radical (unpaired) electrons. The zero-order valence-electron chi connectivity index (χ0n) is 12.6. The Morgan fingerprint density at radius 3 is 2.82 bits per heavy atom. The van der Waals surface area contributed by atoms with Crippen molar-refractivity contribution in [2.45, 2.75) is 44.9 Å². The summed E-state index contributed by atoms with van der Waals surface area (Å²) in [7, 11) is 0. The van der Waals surface area contributed by atoms with Crippen molar-refractivity contribution in [1.82, 2.24) is 4.90 Å². The number of piperidine rings is 1. The highest BCUT2D eigenvalue weighted by Crippen LogP contribution is 2.38. The van der Waals surface area contributed by atoms with Gasteiger partial charge in [0, 0.05) is 6.54 Å². The van der Waals surface area contributed by atoms with E-state index in [0.29, 0.717) is 22.8 Å². The molecule has 2 amide bonds. The Balaban J connectivity index is 2.04. The number of aliphatic hydroxyl groups excluding tert-OH is 1. The lowest BCUT2D eigenvalue weighted by Gasteiger charge is -2.34. The summed E-state index contributed by atoms with van der Waals surface area (Å²) >= 11 is 6.23. The zero-order valence-corrected chi connectivity index (χ0v) is 13.3. The molecule has 0 aromatic heterocycles. The number of hydrogen-bond acceptors (Lipinski definition) is 3. The molecule has 0 unspecified atom stereocenters. The second-order valence-electron chi connectivity index (χ2n) is 5.97. The van der Waals surface area contributed by atoms with Crippen LogP contribution in [-0.2, 0) is 0 Å². The van der Waals surface area contributed by atoms with Gasteiger partial charge in [-0.3, -0.25) is 4.90 Å². The minimum absolute atomic E-state index is 0.0971. The Bertz CT molecular complexity index is 670. The Kier molecular flexibility index (Phi) is 3.75. The number of anilines is 1. The molecule has 3 rings (SSSR count). The standard InChI is InChI=1S/C16H18ClN3O2/c1-9-12(6-5-11(8-18)14(9)17)20-10(2)15-13(21)4-3-7-19(15)16(20)22/h5-6,10,13,15,21H,3-4,7H2,1-2H3/t10-,13+,15+/m0/s1. The van der Waals surface area contributed by atoms with E-state index >= 15 is 0 Å². The number of nitrogens with zero attached hydrogens (tertiary/aromatic N) is 3. The van der Waals surface area contributed by atoms with Gasteiger partial charge in [0.25, 0.3) is 0 Å². The van der Waals surface area contributed by atoms with Gasteiger partial charge in [-0.15, -0.1) is 0 Å². The monoisotopic (exact) mass is 319 g/mol. The van der Waals surface area contributed by atoms with Crippen LogP contribution in [0, 0.1) is 18.3 Å². The van der Waals surface area contributed by atoms with Crippen molar-refractivity contribution in [3.8, 4) is 6.07 Å². The Morgan fingerprint density at radius 2 is 2.18 bits per heavy atom. The smallest absolute Gasteiger partial charge is 0.325 e. The third-order valence-electron chi connectivity index (χ3n) is 4.74. The van der Waals surface area contributed by atoms with E-state index in [2.05, 4.69) is 0 Å². The maximum atomic E-state index is 12.7. The summed E-state index contributed by atoms with van der Waals surface area (Å²) in [4.78, 5) is 16.2. The number of nitriles is 1. The number of carbonyl (C=O) groups excluding carboxylic acids is 1. The molecule has 0 aliphatic carbocycles. The first-order valence-corrected chi connectivity index (χ1v) is 7.82. The van der Waals surface area contributed by atoms with Crippen molar-refractivity contribution in [1.29, 1.82) is 5.26 Å². The summed E-state index contributed by atoms with van der Waals surface area (Å²) < 4.78 is 0. The van der Waals surface area contributed by atoms with Gasteiger partial charge in [-0.1, -0.05) is 11.6 Å². The summed E-state index contributed by atoms with van der Waals surface area (Å²) in [6.45, 7) is 4.43. The first-order valence-electron chi connectivity index (χ1n) is 7.44. The molecule has 1 N–H and O–H groups in total. The van der Waals surface area contributed by atoms with E-state index in [1.165, 1.54) is 0 Å². The fourth-order valence-corrected chi connectivity index (χ4v) is 3.82. The van der Waals surface area contributed by atoms with Crippen molar-refractivity contribution in [3.63, 3.8) is 0 Å². The molecule has 0 saturated carbocycles. The van der Waals surface area contributed by atoms with Gasteiger partial charge in [-0.05, 0) is 44.4 Å². The average molecular weight is 320 g/mol. The maximum Gasteiger partial charge on any atom is 0.325 e. The molecule has 1 aromatic carbocycles. The van der Waals surface area contributed by atoms with E-state index in [1.807, 2.05) is 19.9 Å². The van der Waals surface area contributed by atoms with Crippen LogP contribution in [0.25, 0.3) is 0 Å². The quantitative estimate of drug-likeness (QED) is 0.865. The van der Waals surface area contributed by atoms with Crippen molar-refractivity contribution in [2.24, 2.45) is 0 Å². The molecule has 6 heteroatoms. The van der Waals surface area contributed by atoms with E-state index < -0.39 is 6.10 Å². The molecule has 2 aliphatic rings. The number of hydrogen-bond donors (Lipinski definition) is 1. The summed E-state index contributed by atoms with van der Waals surface area (Å²) in [5.74, 6) is 0. The van der Waals surface area contributed by atoms with E-state index in [9.17, 15) is 9.90 Å². The van der Waals surface area contributed by atoms with Crippen LogP contribution in [0.4, 0.5) is 10.5 Å². The van der Waals surface area contributed by atoms with Gasteiger partial charge in [0.15, 0.2) is 0 Å². The largest absolute Gasteiger partial charge is 0.391 e. The van der Waals surface area contributed by atoms with Crippen molar-refractivity contribution < 1.29 is 9.90 Å². The molecule has 5 nitrogen and oxygen atoms in total. The van der Waals surface area contributed by atoms with Gasteiger partial charge >= 0.3 is 6.03 Å². The van der Waals surface area contributed by atoms with Crippen molar-refractivity contribution >= 4 is 23.3 Å². The molecule has 0 bridgehead atoms. The van der Waals surface area contributed by atoms with Gasteiger partial charge in [-0.2, -0.15) is 5.26 Å². The molecular formula is C16H18ClN3O2. The maximum absolute atomic E-state index is 12.7. The van der Waals surface area contributed by atoms with Crippen molar-refractivity contribution in [2.75, 3.05) is 11.4 Å². The number of halogens is 1. The number of fused-ring (bicyclic) bond motifs is 1. The fourth-order valence-electron chi connectivity index (χ4n) is 3.61. The highest BCUT2D eigenvalue weighted by molar-refractivity contribution is 6.33. The van der Waals surface area contributed by atoms with Crippen LogP contribution < -0.4 is 4.90 Å². The Labute approximate surface area is 134 Å². The third-order valence-corrected chi connectivity index (χ3v) is 5.23. The normalized spacial score (nSPS) is 27.8. The van der Waals surface area contributed by atoms with Gasteiger partial charge in [0.05, 0.1) is 34.5 Å². The summed E-state index contributed by atoms with van der Waals surface area (Å²) in [6.07, 6.45) is 1.04. The van der Waals surface area contributed by atoms with Gasteiger partial charge < -0.3 is 10.0 Å². The van der Waals surface area contributed by atoms with Crippen LogP contribution in [-0.4, -0.2) is 40.8 Å². The second-order valence-corrected chi connectivity index (χ2v) is 6.35. The SMILES string of the molecule is Cc1c(N2C(=O)N3CCC[C@@H](O)[C@H]3[C@@H]2C)ccc(C#N)c1Cl. The third kappa shape index (κ3) is 2.06. The number of benzene rings is 1. The van der Waals surface area contributed by atoms with Gasteiger partial charge in [-0.25, -0.2) is 4.79 Å². The van der Waals surface area contributed by atoms with E-state index in [0.717, 1.165) is 18.4 Å². The summed E-state index contributed by atoms with van der Waals surface area (Å²) in [5, 5.41) is 19.7. The van der Waals surface area contributed by atoms with Crippen LogP contribution in [0.2, 0.25) is 5.02 Å². The summed E-state index contributed by atoms with van der Waals surface area (Å²) in [5.41, 5.74) is 1.83. The minimum atomic E-state index is -0.494. The highest BCUT2D eigenvalue weighted by Gasteiger charge is 2.49. The minimum Gasteiger partial charge on any atom is -0.391 e. The Morgan fingerprint density at radius 1 is 1.45 bits per heavy atom. The first-order chi connectivity index (χ1) is 10.5. The molecule has 2 aliphatic heterocycles. The van der Waals surface area contributed by atoms with Crippen LogP contribution in [0.15, 0.2) is 12.1 Å². The predicted molar refractivity (Wildman–Crippen MR) is 84.0 cm³/mol.